The summed E-state index contributed by atoms with van der Waals surface area (Å²) in [6.07, 6.45) is 2.85. The molecule has 2 N–H and O–H groups in total. The topological polar surface area (TPSA) is 66.5 Å². The summed E-state index contributed by atoms with van der Waals surface area (Å²) in [5.41, 5.74) is 1.36. The van der Waals surface area contributed by atoms with E-state index in [-0.39, 0.29) is 12.1 Å². The number of H-pyrrole nitrogens is 1. The molecule has 0 bridgehead atoms. The average molecular weight is 261 g/mol. The first-order valence-corrected chi connectivity index (χ1v) is 5.56. The molecular weight excluding hydrogens is 252 g/mol. The molecule has 0 radical (unpaired) electrons. The van der Waals surface area contributed by atoms with Crippen molar-refractivity contribution in [3.05, 3.63) is 48.1 Å². The number of aromatic amines is 1. The van der Waals surface area contributed by atoms with Crippen molar-refractivity contribution < 1.29 is 8.78 Å². The number of hydrogen-bond acceptors (Lipinski definition) is 4. The van der Waals surface area contributed by atoms with Crippen molar-refractivity contribution in [2.45, 2.75) is 6.54 Å². The van der Waals surface area contributed by atoms with Crippen LogP contribution in [0.3, 0.4) is 0 Å². The van der Waals surface area contributed by atoms with Crippen molar-refractivity contribution >= 4 is 17.0 Å². The molecule has 0 spiro atoms. The van der Waals surface area contributed by atoms with E-state index < -0.39 is 11.6 Å². The van der Waals surface area contributed by atoms with Gasteiger partial charge in [0.2, 0.25) is 0 Å². The van der Waals surface area contributed by atoms with Gasteiger partial charge >= 0.3 is 0 Å². The molecule has 0 aliphatic rings. The zero-order valence-electron chi connectivity index (χ0n) is 9.69. The van der Waals surface area contributed by atoms with E-state index in [9.17, 15) is 8.78 Å². The van der Waals surface area contributed by atoms with Crippen molar-refractivity contribution in [1.29, 1.82) is 0 Å². The highest BCUT2D eigenvalue weighted by Crippen LogP contribution is 2.17. The van der Waals surface area contributed by atoms with Gasteiger partial charge in [-0.25, -0.2) is 23.7 Å². The molecule has 0 amide bonds. The van der Waals surface area contributed by atoms with Gasteiger partial charge in [-0.1, -0.05) is 12.1 Å². The molecule has 0 fully saturated rings. The van der Waals surface area contributed by atoms with Crippen LogP contribution in [0.2, 0.25) is 0 Å². The largest absolute Gasteiger partial charge is 0.364 e. The highest BCUT2D eigenvalue weighted by Gasteiger charge is 2.09. The van der Waals surface area contributed by atoms with Crippen LogP contribution in [0.1, 0.15) is 5.56 Å². The van der Waals surface area contributed by atoms with Crippen LogP contribution in [0, 0.1) is 11.6 Å². The predicted molar refractivity (Wildman–Crippen MR) is 65.4 cm³/mol. The van der Waals surface area contributed by atoms with E-state index in [1.165, 1.54) is 24.8 Å². The molecule has 3 rings (SSSR count). The monoisotopic (exact) mass is 261 g/mol. The maximum Gasteiger partial charge on any atom is 0.182 e. The standard InChI is InChI=1S/C12H9F2N5/c13-8-3-1-2-7(9(8)14)4-15-11-10-12(17-5-16-10)19-6-18-11/h1-3,5-6H,4H2,(H2,15,16,17,18,19). The van der Waals surface area contributed by atoms with Crippen LogP contribution < -0.4 is 5.32 Å². The smallest absolute Gasteiger partial charge is 0.182 e. The number of fused-ring (bicyclic) bond motifs is 1. The van der Waals surface area contributed by atoms with Crippen LogP contribution >= 0.6 is 0 Å². The second-order valence-electron chi connectivity index (χ2n) is 3.89. The number of rotatable bonds is 3. The first-order valence-electron chi connectivity index (χ1n) is 5.56. The Kier molecular flexibility index (Phi) is 2.79. The number of aromatic nitrogens is 4. The highest BCUT2D eigenvalue weighted by molar-refractivity contribution is 5.81. The van der Waals surface area contributed by atoms with Crippen molar-refractivity contribution in [2.75, 3.05) is 5.32 Å². The minimum atomic E-state index is -0.867. The van der Waals surface area contributed by atoms with E-state index >= 15 is 0 Å². The Hall–Kier alpha value is -2.57. The first-order chi connectivity index (χ1) is 9.25. The summed E-state index contributed by atoms with van der Waals surface area (Å²) >= 11 is 0. The van der Waals surface area contributed by atoms with Crippen LogP contribution in [0.25, 0.3) is 11.2 Å². The van der Waals surface area contributed by atoms with Gasteiger partial charge in [-0.2, -0.15) is 0 Å². The van der Waals surface area contributed by atoms with Crippen LogP contribution in [0.4, 0.5) is 14.6 Å². The Balaban J connectivity index is 1.86. The van der Waals surface area contributed by atoms with Crippen molar-refractivity contribution in [1.82, 2.24) is 19.9 Å². The van der Waals surface area contributed by atoms with Gasteiger partial charge in [-0.3, -0.25) is 0 Å². The summed E-state index contributed by atoms with van der Waals surface area (Å²) in [6.45, 7) is 0.120. The third-order valence-corrected chi connectivity index (χ3v) is 2.70. The maximum absolute atomic E-state index is 13.5. The molecule has 0 saturated heterocycles. The third kappa shape index (κ3) is 2.10. The lowest BCUT2D eigenvalue weighted by atomic mass is 10.2. The zero-order valence-corrected chi connectivity index (χ0v) is 9.69. The quantitative estimate of drug-likeness (QED) is 0.758. The fourth-order valence-electron chi connectivity index (χ4n) is 1.76. The molecular formula is C12H9F2N5. The van der Waals surface area contributed by atoms with Crippen molar-refractivity contribution in [2.24, 2.45) is 0 Å². The highest BCUT2D eigenvalue weighted by atomic mass is 19.2. The van der Waals surface area contributed by atoms with Gasteiger partial charge in [-0.05, 0) is 6.07 Å². The minimum absolute atomic E-state index is 0.120. The van der Waals surface area contributed by atoms with Gasteiger partial charge in [0.25, 0.3) is 0 Å². The lowest BCUT2D eigenvalue weighted by molar-refractivity contribution is 0.500. The molecule has 96 valence electrons. The van der Waals surface area contributed by atoms with Crippen LogP contribution in [0.15, 0.2) is 30.9 Å². The molecule has 7 heteroatoms. The number of halogens is 2. The van der Waals surface area contributed by atoms with Gasteiger partial charge in [0, 0.05) is 12.1 Å². The zero-order chi connectivity index (χ0) is 13.2. The van der Waals surface area contributed by atoms with Crippen LogP contribution in [-0.2, 0) is 6.54 Å². The molecule has 19 heavy (non-hydrogen) atoms. The molecule has 0 aliphatic carbocycles. The van der Waals surface area contributed by atoms with E-state index in [0.717, 1.165) is 6.07 Å². The molecule has 0 unspecified atom stereocenters. The predicted octanol–water partition coefficient (Wildman–Crippen LogP) is 2.24. The minimum Gasteiger partial charge on any atom is -0.364 e. The maximum atomic E-state index is 13.5. The van der Waals surface area contributed by atoms with Gasteiger partial charge in [0.1, 0.15) is 11.8 Å². The van der Waals surface area contributed by atoms with E-state index in [1.54, 1.807) is 0 Å². The Morgan fingerprint density at radius 3 is 2.95 bits per heavy atom. The fraction of sp³-hybridized carbons (Fsp3) is 0.0833. The molecule has 2 heterocycles. The van der Waals surface area contributed by atoms with Gasteiger partial charge in [-0.15, -0.1) is 0 Å². The summed E-state index contributed by atoms with van der Waals surface area (Å²) in [5, 5.41) is 2.93. The summed E-state index contributed by atoms with van der Waals surface area (Å²) in [4.78, 5) is 14.9. The number of imidazole rings is 1. The molecule has 0 atom stereocenters. The molecule has 3 aromatic rings. The molecule has 1 aromatic carbocycles. The van der Waals surface area contributed by atoms with Gasteiger partial charge < -0.3 is 10.3 Å². The Morgan fingerprint density at radius 1 is 1.16 bits per heavy atom. The lowest BCUT2D eigenvalue weighted by Gasteiger charge is -2.07. The second kappa shape index (κ2) is 4.60. The normalized spacial score (nSPS) is 10.8. The number of nitrogens with one attached hydrogen (secondary N) is 2. The summed E-state index contributed by atoms with van der Waals surface area (Å²) in [5.74, 6) is -1.23. The van der Waals surface area contributed by atoms with Crippen LogP contribution in [0.5, 0.6) is 0 Å². The first kappa shape index (κ1) is 11.5. The van der Waals surface area contributed by atoms with E-state index in [1.807, 2.05) is 0 Å². The van der Waals surface area contributed by atoms with E-state index in [2.05, 4.69) is 25.3 Å². The number of hydrogen-bond donors (Lipinski definition) is 2. The molecule has 5 nitrogen and oxygen atoms in total. The van der Waals surface area contributed by atoms with Crippen molar-refractivity contribution in [3.63, 3.8) is 0 Å². The fourth-order valence-corrected chi connectivity index (χ4v) is 1.76. The Bertz CT molecular complexity index is 725. The van der Waals surface area contributed by atoms with Gasteiger partial charge in [0.05, 0.1) is 6.33 Å². The summed E-state index contributed by atoms with van der Waals surface area (Å²) in [6, 6.07) is 4.05. The molecule has 2 aromatic heterocycles. The molecule has 0 aliphatic heterocycles. The van der Waals surface area contributed by atoms with E-state index in [4.69, 9.17) is 0 Å². The average Bonchev–Trinajstić information content (AvgIpc) is 2.89. The van der Waals surface area contributed by atoms with Gasteiger partial charge in [0.15, 0.2) is 23.1 Å². The summed E-state index contributed by atoms with van der Waals surface area (Å²) < 4.78 is 26.6. The van der Waals surface area contributed by atoms with E-state index in [0.29, 0.717) is 17.0 Å². The molecule has 0 saturated carbocycles. The summed E-state index contributed by atoms with van der Waals surface area (Å²) in [7, 11) is 0. The Labute approximate surface area is 106 Å². The van der Waals surface area contributed by atoms with Crippen molar-refractivity contribution in [3.8, 4) is 0 Å². The SMILES string of the molecule is Fc1cccc(CNc2ncnc3nc[nH]c23)c1F. The second-order valence-corrected chi connectivity index (χ2v) is 3.89. The third-order valence-electron chi connectivity index (χ3n) is 2.70. The Morgan fingerprint density at radius 2 is 2.05 bits per heavy atom. The number of anilines is 1. The lowest BCUT2D eigenvalue weighted by Crippen LogP contribution is -2.05. The van der Waals surface area contributed by atoms with Crippen LogP contribution in [-0.4, -0.2) is 19.9 Å². The number of nitrogens with zero attached hydrogens (tertiary/aromatic N) is 3. The number of benzene rings is 1.